The molecule has 1 fully saturated rings. The molecule has 1 aliphatic carbocycles. The zero-order chi connectivity index (χ0) is 9.42. The van der Waals surface area contributed by atoms with Crippen LogP contribution in [0.15, 0.2) is 6.20 Å². The quantitative estimate of drug-likeness (QED) is 0.643. The van der Waals surface area contributed by atoms with Gasteiger partial charge in [0.15, 0.2) is 0 Å². The SMILES string of the molecule is CC1C(=O)CCC1c1cnn(C)n1. The van der Waals surface area contributed by atoms with E-state index in [1.165, 1.54) is 0 Å². The van der Waals surface area contributed by atoms with E-state index in [9.17, 15) is 4.79 Å². The van der Waals surface area contributed by atoms with Crippen molar-refractivity contribution in [3.8, 4) is 0 Å². The molecule has 0 bridgehead atoms. The van der Waals surface area contributed by atoms with E-state index < -0.39 is 0 Å². The molecule has 1 aliphatic rings. The lowest BCUT2D eigenvalue weighted by Gasteiger charge is -2.09. The number of aryl methyl sites for hydroxylation is 1. The molecule has 4 nitrogen and oxygen atoms in total. The molecule has 70 valence electrons. The van der Waals surface area contributed by atoms with Crippen molar-refractivity contribution in [3.05, 3.63) is 11.9 Å². The van der Waals surface area contributed by atoms with E-state index in [-0.39, 0.29) is 5.92 Å². The molecule has 1 heterocycles. The Balaban J connectivity index is 2.23. The van der Waals surface area contributed by atoms with Gasteiger partial charge >= 0.3 is 0 Å². The maximum Gasteiger partial charge on any atom is 0.136 e. The van der Waals surface area contributed by atoms with Gasteiger partial charge in [0.1, 0.15) is 5.78 Å². The summed E-state index contributed by atoms with van der Waals surface area (Å²) in [7, 11) is 1.80. The van der Waals surface area contributed by atoms with E-state index in [1.807, 2.05) is 6.92 Å². The van der Waals surface area contributed by atoms with Crippen LogP contribution in [0.3, 0.4) is 0 Å². The van der Waals surface area contributed by atoms with Gasteiger partial charge in [-0.25, -0.2) is 0 Å². The number of ketones is 1. The molecule has 0 N–H and O–H groups in total. The Kier molecular flexibility index (Phi) is 1.90. The minimum absolute atomic E-state index is 0.122. The van der Waals surface area contributed by atoms with Crippen molar-refractivity contribution in [2.24, 2.45) is 13.0 Å². The van der Waals surface area contributed by atoms with Crippen LogP contribution in [0.2, 0.25) is 0 Å². The molecule has 1 aromatic rings. The maximum atomic E-state index is 11.3. The molecule has 0 aliphatic heterocycles. The summed E-state index contributed by atoms with van der Waals surface area (Å²) in [5, 5.41) is 8.25. The molecule has 0 aromatic carbocycles. The van der Waals surface area contributed by atoms with E-state index in [0.29, 0.717) is 18.1 Å². The Hall–Kier alpha value is -1.19. The summed E-state index contributed by atoms with van der Waals surface area (Å²) in [5.41, 5.74) is 0.959. The Labute approximate surface area is 76.9 Å². The van der Waals surface area contributed by atoms with Crippen molar-refractivity contribution < 1.29 is 4.79 Å². The monoisotopic (exact) mass is 179 g/mol. The van der Waals surface area contributed by atoms with Crippen LogP contribution in [-0.2, 0) is 11.8 Å². The van der Waals surface area contributed by atoms with Crippen LogP contribution in [-0.4, -0.2) is 20.8 Å². The Morgan fingerprint density at radius 1 is 1.62 bits per heavy atom. The average molecular weight is 179 g/mol. The lowest BCUT2D eigenvalue weighted by atomic mass is 9.95. The fourth-order valence-electron chi connectivity index (χ4n) is 1.94. The molecule has 13 heavy (non-hydrogen) atoms. The number of hydrogen-bond donors (Lipinski definition) is 0. The van der Waals surface area contributed by atoms with Crippen LogP contribution in [0.25, 0.3) is 0 Å². The van der Waals surface area contributed by atoms with Crippen molar-refractivity contribution in [3.63, 3.8) is 0 Å². The predicted octanol–water partition coefficient (Wildman–Crippen LogP) is 0.898. The molecule has 2 rings (SSSR count). The van der Waals surface area contributed by atoms with Gasteiger partial charge in [0.05, 0.1) is 11.9 Å². The van der Waals surface area contributed by atoms with Crippen molar-refractivity contribution in [2.45, 2.75) is 25.7 Å². The van der Waals surface area contributed by atoms with Crippen molar-refractivity contribution in [1.82, 2.24) is 15.0 Å². The molecule has 0 amide bonds. The minimum atomic E-state index is 0.122. The fraction of sp³-hybridized carbons (Fsp3) is 0.667. The highest BCUT2D eigenvalue weighted by molar-refractivity contribution is 5.83. The molecule has 1 saturated carbocycles. The molecule has 0 spiro atoms. The number of carbonyl (C=O) groups excluding carboxylic acids is 1. The first-order valence-corrected chi connectivity index (χ1v) is 4.57. The molecular weight excluding hydrogens is 166 g/mol. The normalized spacial score (nSPS) is 28.3. The Morgan fingerprint density at radius 2 is 2.38 bits per heavy atom. The predicted molar refractivity (Wildman–Crippen MR) is 47.1 cm³/mol. The second-order valence-corrected chi connectivity index (χ2v) is 3.66. The molecule has 2 atom stereocenters. The lowest BCUT2D eigenvalue weighted by molar-refractivity contribution is -0.120. The van der Waals surface area contributed by atoms with Gasteiger partial charge in [-0.05, 0) is 6.42 Å². The first-order chi connectivity index (χ1) is 6.18. The second-order valence-electron chi connectivity index (χ2n) is 3.66. The molecular formula is C9H13N3O. The van der Waals surface area contributed by atoms with E-state index in [1.54, 1.807) is 18.0 Å². The first kappa shape index (κ1) is 8.41. The third kappa shape index (κ3) is 1.36. The smallest absolute Gasteiger partial charge is 0.136 e. The summed E-state index contributed by atoms with van der Waals surface area (Å²) < 4.78 is 0. The number of hydrogen-bond acceptors (Lipinski definition) is 3. The fourth-order valence-corrected chi connectivity index (χ4v) is 1.94. The molecule has 0 radical (unpaired) electrons. The van der Waals surface area contributed by atoms with E-state index >= 15 is 0 Å². The van der Waals surface area contributed by atoms with Crippen molar-refractivity contribution in [1.29, 1.82) is 0 Å². The lowest BCUT2D eigenvalue weighted by Crippen LogP contribution is -2.09. The summed E-state index contributed by atoms with van der Waals surface area (Å²) >= 11 is 0. The first-order valence-electron chi connectivity index (χ1n) is 4.57. The van der Waals surface area contributed by atoms with Crippen LogP contribution in [0.4, 0.5) is 0 Å². The van der Waals surface area contributed by atoms with Crippen LogP contribution >= 0.6 is 0 Å². The van der Waals surface area contributed by atoms with Crippen molar-refractivity contribution >= 4 is 5.78 Å². The topological polar surface area (TPSA) is 47.8 Å². The highest BCUT2D eigenvalue weighted by atomic mass is 16.1. The summed E-state index contributed by atoms with van der Waals surface area (Å²) in [4.78, 5) is 12.9. The minimum Gasteiger partial charge on any atom is -0.299 e. The van der Waals surface area contributed by atoms with E-state index in [0.717, 1.165) is 12.1 Å². The van der Waals surface area contributed by atoms with Crippen LogP contribution in [0.1, 0.15) is 31.4 Å². The number of rotatable bonds is 1. The Morgan fingerprint density at radius 3 is 2.85 bits per heavy atom. The van der Waals surface area contributed by atoms with Gasteiger partial charge in [-0.2, -0.15) is 15.0 Å². The van der Waals surface area contributed by atoms with Gasteiger partial charge in [-0.15, -0.1) is 0 Å². The standard InChI is InChI=1S/C9H13N3O/c1-6-7(3-4-9(6)13)8-5-10-12(2)11-8/h5-7H,3-4H2,1-2H3. The van der Waals surface area contributed by atoms with Gasteiger partial charge in [0, 0.05) is 25.3 Å². The van der Waals surface area contributed by atoms with Gasteiger partial charge in [-0.3, -0.25) is 4.79 Å². The van der Waals surface area contributed by atoms with Crippen LogP contribution in [0.5, 0.6) is 0 Å². The molecule has 0 saturated heterocycles. The second kappa shape index (κ2) is 2.94. The zero-order valence-corrected chi connectivity index (χ0v) is 7.90. The van der Waals surface area contributed by atoms with E-state index in [2.05, 4.69) is 10.2 Å². The van der Waals surface area contributed by atoms with Crippen LogP contribution < -0.4 is 0 Å². The van der Waals surface area contributed by atoms with Gasteiger partial charge in [-0.1, -0.05) is 6.92 Å². The summed E-state index contributed by atoms with van der Waals surface area (Å²) in [6.45, 7) is 1.98. The summed E-state index contributed by atoms with van der Waals surface area (Å²) in [6.07, 6.45) is 3.39. The Bertz CT molecular complexity index is 331. The number of aromatic nitrogens is 3. The van der Waals surface area contributed by atoms with E-state index in [4.69, 9.17) is 0 Å². The third-order valence-corrected chi connectivity index (χ3v) is 2.81. The molecule has 2 unspecified atom stereocenters. The molecule has 4 heteroatoms. The summed E-state index contributed by atoms with van der Waals surface area (Å²) in [5.74, 6) is 0.772. The van der Waals surface area contributed by atoms with Gasteiger partial charge in [0.2, 0.25) is 0 Å². The number of carbonyl (C=O) groups is 1. The average Bonchev–Trinajstić information content (AvgIpc) is 2.62. The highest BCUT2D eigenvalue weighted by Gasteiger charge is 2.33. The van der Waals surface area contributed by atoms with Crippen LogP contribution in [0, 0.1) is 5.92 Å². The molecule has 1 aromatic heterocycles. The van der Waals surface area contributed by atoms with Gasteiger partial charge in [0.25, 0.3) is 0 Å². The van der Waals surface area contributed by atoms with Gasteiger partial charge < -0.3 is 0 Å². The third-order valence-electron chi connectivity index (χ3n) is 2.81. The number of nitrogens with zero attached hydrogens (tertiary/aromatic N) is 3. The summed E-state index contributed by atoms with van der Waals surface area (Å²) in [6, 6.07) is 0. The maximum absolute atomic E-state index is 11.3. The number of Topliss-reactive ketones (excluding diaryl/α,β-unsaturated/α-hetero) is 1. The van der Waals surface area contributed by atoms with Crippen molar-refractivity contribution in [2.75, 3.05) is 0 Å². The largest absolute Gasteiger partial charge is 0.299 e. The zero-order valence-electron chi connectivity index (χ0n) is 7.90. The highest BCUT2D eigenvalue weighted by Crippen LogP contribution is 2.35.